The fourth-order valence-corrected chi connectivity index (χ4v) is 5.81. The number of aryl methyl sites for hydroxylation is 1. The van der Waals surface area contributed by atoms with Crippen molar-refractivity contribution in [2.45, 2.75) is 45.1 Å². The Bertz CT molecular complexity index is 977. The summed E-state index contributed by atoms with van der Waals surface area (Å²) in [6.45, 7) is 11.8. The van der Waals surface area contributed by atoms with Gasteiger partial charge in [0.25, 0.3) is 5.56 Å². The second-order valence-corrected chi connectivity index (χ2v) is 11.4. The summed E-state index contributed by atoms with van der Waals surface area (Å²) in [5.41, 5.74) is 1.69. The molecule has 1 aliphatic rings. The minimum absolute atomic E-state index is 0.213. The van der Waals surface area contributed by atoms with Crippen LogP contribution in [0.4, 0.5) is 0 Å². The van der Waals surface area contributed by atoms with Crippen LogP contribution in [0.2, 0.25) is 0 Å². The highest BCUT2D eigenvalue weighted by Gasteiger charge is 2.40. The maximum absolute atomic E-state index is 12.7. The van der Waals surface area contributed by atoms with Crippen molar-refractivity contribution in [3.8, 4) is 6.07 Å². The highest BCUT2D eigenvalue weighted by molar-refractivity contribution is 7.80. The van der Waals surface area contributed by atoms with Crippen LogP contribution in [0.15, 0.2) is 28.1 Å². The fraction of sp³-hybridized carbons (Fsp3) is 0.600. The smallest absolute Gasteiger partial charge is 0.332 e. The molecule has 2 rings (SSSR count). The zero-order valence-electron chi connectivity index (χ0n) is 18.6. The summed E-state index contributed by atoms with van der Waals surface area (Å²) in [4.78, 5) is 24.7. The van der Waals surface area contributed by atoms with Gasteiger partial charge in [0.1, 0.15) is 18.9 Å². The second kappa shape index (κ2) is 11.7. The van der Waals surface area contributed by atoms with Gasteiger partial charge in [-0.25, -0.2) is 4.79 Å². The third-order valence-electron chi connectivity index (χ3n) is 4.46. The first-order valence-corrected chi connectivity index (χ1v) is 13.4. The van der Waals surface area contributed by atoms with Crippen LogP contribution in [-0.4, -0.2) is 53.4 Å². The molecule has 0 aliphatic carbocycles. The number of hydrogen-bond donors (Lipinski definition) is 0. The summed E-state index contributed by atoms with van der Waals surface area (Å²) in [5, 5.41) is 8.79. The normalized spacial score (nSPS) is 21.4. The number of hydrogen-bond acceptors (Lipinski definition) is 7. The predicted octanol–water partition coefficient (Wildman–Crippen LogP) is 2.82. The van der Waals surface area contributed by atoms with Gasteiger partial charge in [-0.05, 0) is 13.8 Å². The topological polar surface area (TPSA) is 105 Å². The highest BCUT2D eigenvalue weighted by atomic mass is 31.2. The Morgan fingerprint density at radius 3 is 2.81 bits per heavy atom. The average Bonchev–Trinajstić information content (AvgIpc) is 3.09. The molecule has 1 aromatic rings. The highest BCUT2D eigenvalue weighted by Crippen LogP contribution is 2.45. The molecule has 170 valence electrons. The number of ether oxygens (including phenoxy) is 2. The molecule has 2 heterocycles. The third kappa shape index (κ3) is 7.10. The molecule has 1 aromatic heterocycles. The maximum Gasteiger partial charge on any atom is 0.332 e. The lowest BCUT2D eigenvalue weighted by atomic mass is 10.2. The van der Waals surface area contributed by atoms with Crippen molar-refractivity contribution in [3.05, 3.63) is 44.9 Å². The molecule has 0 amide bonds. The van der Waals surface area contributed by atoms with Crippen LogP contribution in [0.25, 0.3) is 0 Å². The Hall–Kier alpha value is -1.81. The first-order chi connectivity index (χ1) is 14.6. The van der Waals surface area contributed by atoms with Crippen molar-refractivity contribution in [1.29, 1.82) is 5.26 Å². The number of aromatic nitrogens is 2. The second-order valence-electron chi connectivity index (χ2n) is 7.49. The molecule has 1 fully saturated rings. The molecular weight excluding hydrogens is 440 g/mol. The summed E-state index contributed by atoms with van der Waals surface area (Å²) in [7, 11) is -0.285. The van der Waals surface area contributed by atoms with E-state index in [1.54, 1.807) is 13.8 Å². The molecule has 0 bridgehead atoms. The number of nitriles is 1. The van der Waals surface area contributed by atoms with E-state index in [4.69, 9.17) is 23.8 Å². The lowest BCUT2D eigenvalue weighted by Gasteiger charge is -2.21. The van der Waals surface area contributed by atoms with Crippen LogP contribution in [-0.2, 0) is 25.6 Å². The van der Waals surface area contributed by atoms with Gasteiger partial charge in [-0.15, -0.1) is 0 Å². The van der Waals surface area contributed by atoms with E-state index in [9.17, 15) is 9.59 Å². The molecule has 1 aliphatic heterocycles. The van der Waals surface area contributed by atoms with Crippen molar-refractivity contribution in [2.24, 2.45) is 7.05 Å². The number of rotatable bonds is 10. The Balaban J connectivity index is 2.28. The quantitative estimate of drug-likeness (QED) is 0.294. The zero-order valence-corrected chi connectivity index (χ0v) is 20.4. The lowest BCUT2D eigenvalue weighted by Crippen LogP contribution is -2.40. The summed E-state index contributed by atoms with van der Waals surface area (Å²) in [6.07, 6.45) is 0.727. The van der Waals surface area contributed by atoms with E-state index >= 15 is 0 Å². The van der Waals surface area contributed by atoms with Crippen molar-refractivity contribution >= 4 is 21.5 Å². The maximum atomic E-state index is 12.7. The monoisotopic (exact) mass is 470 g/mol. The Labute approximate surface area is 184 Å². The number of nitrogens with zero attached hydrogens (tertiary/aromatic N) is 3. The third-order valence-corrected chi connectivity index (χ3v) is 7.98. The standard InChI is InChI=1S/C20H30N3O6P2/c1-14(2)26-12-17-16(29-31(13-30(5)6)27-9-7-8-21)10-18(28-17)23-11-15(3)19(24)22(4)20(23)25/h11,13,16-18H,1,7,9-10,12H2,2-6H3/q+1. The van der Waals surface area contributed by atoms with Crippen LogP contribution < -0.4 is 11.2 Å². The average molecular weight is 470 g/mol. The van der Waals surface area contributed by atoms with Gasteiger partial charge in [0.15, 0.2) is 5.54 Å². The predicted molar refractivity (Wildman–Crippen MR) is 123 cm³/mol. The first-order valence-electron chi connectivity index (χ1n) is 9.83. The van der Waals surface area contributed by atoms with Gasteiger partial charge >= 0.3 is 5.69 Å². The van der Waals surface area contributed by atoms with Gasteiger partial charge in [-0.3, -0.25) is 13.9 Å². The van der Waals surface area contributed by atoms with E-state index in [0.717, 1.165) is 4.57 Å². The summed E-state index contributed by atoms with van der Waals surface area (Å²) in [5.74, 6) is 0.547. The molecule has 1 saturated heterocycles. The molecule has 4 unspecified atom stereocenters. The van der Waals surface area contributed by atoms with E-state index in [1.807, 2.05) is 5.54 Å². The van der Waals surface area contributed by atoms with Crippen molar-refractivity contribution < 1.29 is 18.5 Å². The van der Waals surface area contributed by atoms with Gasteiger partial charge in [0.05, 0.1) is 51.8 Å². The van der Waals surface area contributed by atoms with E-state index < -0.39 is 40.0 Å². The minimum atomic E-state index is -1.34. The van der Waals surface area contributed by atoms with Crippen molar-refractivity contribution in [1.82, 2.24) is 9.13 Å². The Morgan fingerprint density at radius 1 is 1.48 bits per heavy atom. The van der Waals surface area contributed by atoms with E-state index in [0.29, 0.717) is 17.7 Å². The van der Waals surface area contributed by atoms with Crippen molar-refractivity contribution in [3.63, 3.8) is 0 Å². The van der Waals surface area contributed by atoms with Crippen molar-refractivity contribution in [2.75, 3.05) is 26.5 Å². The molecule has 0 aromatic carbocycles. The fourth-order valence-electron chi connectivity index (χ4n) is 3.00. The van der Waals surface area contributed by atoms with Crippen LogP contribution in [0, 0.1) is 18.3 Å². The van der Waals surface area contributed by atoms with E-state index in [2.05, 4.69) is 26.0 Å². The summed E-state index contributed by atoms with van der Waals surface area (Å²) >= 11 is 0. The molecule has 0 radical (unpaired) electrons. The lowest BCUT2D eigenvalue weighted by molar-refractivity contribution is -0.0484. The van der Waals surface area contributed by atoms with Gasteiger partial charge in [0, 0.05) is 25.2 Å². The van der Waals surface area contributed by atoms with Gasteiger partial charge < -0.3 is 18.5 Å². The summed E-state index contributed by atoms with van der Waals surface area (Å²) in [6, 6.07) is 2.06. The van der Waals surface area contributed by atoms with Crippen LogP contribution >= 0.6 is 15.9 Å². The summed E-state index contributed by atoms with van der Waals surface area (Å²) < 4.78 is 26.3. The minimum Gasteiger partial charge on any atom is -0.496 e. The molecule has 0 saturated carbocycles. The molecular formula is C20H30N3O6P2+. The van der Waals surface area contributed by atoms with Gasteiger partial charge in [-0.1, -0.05) is 6.58 Å². The van der Waals surface area contributed by atoms with Crippen LogP contribution in [0.1, 0.15) is 31.6 Å². The molecule has 11 heteroatoms. The van der Waals surface area contributed by atoms with Crippen LogP contribution in [0.3, 0.4) is 0 Å². The number of allylic oxidation sites excluding steroid dienone is 1. The first kappa shape index (κ1) is 25.5. The van der Waals surface area contributed by atoms with Gasteiger partial charge in [0.2, 0.25) is 8.38 Å². The SMILES string of the molecule is C=C(C)OCC1OC(n2cc(C)c(=O)n(C)c2=O)CC1OP(C=[P+](C)C)OCCC#N. The van der Waals surface area contributed by atoms with Crippen LogP contribution in [0.5, 0.6) is 0 Å². The molecule has 0 N–H and O–H groups in total. The van der Waals surface area contributed by atoms with Gasteiger partial charge in [-0.2, -0.15) is 5.26 Å². The largest absolute Gasteiger partial charge is 0.496 e. The molecule has 4 atom stereocenters. The Morgan fingerprint density at radius 2 is 2.19 bits per heavy atom. The zero-order chi connectivity index (χ0) is 23.1. The molecule has 9 nitrogen and oxygen atoms in total. The van der Waals surface area contributed by atoms with E-state index in [-0.39, 0.29) is 25.2 Å². The Kier molecular flexibility index (Phi) is 9.61. The molecule has 31 heavy (non-hydrogen) atoms. The molecule has 0 spiro atoms. The van der Waals surface area contributed by atoms with E-state index in [1.165, 1.54) is 17.8 Å².